The lowest BCUT2D eigenvalue weighted by atomic mass is 10.2. The van der Waals surface area contributed by atoms with Crippen LogP contribution >= 0.6 is 11.8 Å². The Kier molecular flexibility index (Phi) is 6.38. The van der Waals surface area contributed by atoms with Crippen molar-refractivity contribution in [1.29, 1.82) is 0 Å². The van der Waals surface area contributed by atoms with Gasteiger partial charge < -0.3 is 4.74 Å². The van der Waals surface area contributed by atoms with Gasteiger partial charge >= 0.3 is 0 Å². The van der Waals surface area contributed by atoms with Gasteiger partial charge in [0.15, 0.2) is 5.17 Å². The number of carbonyl (C=O) groups excluding carboxylic acids is 1. The number of non-ortho nitro benzene ring substituents is 1. The van der Waals surface area contributed by atoms with E-state index in [1.807, 2.05) is 31.2 Å². The van der Waals surface area contributed by atoms with Gasteiger partial charge in [0.1, 0.15) is 5.75 Å². The number of rotatable bonds is 7. The first kappa shape index (κ1) is 19.6. The lowest BCUT2D eigenvalue weighted by Gasteiger charge is -2.15. The van der Waals surface area contributed by atoms with Gasteiger partial charge in [0.2, 0.25) is 5.91 Å². The van der Waals surface area contributed by atoms with E-state index in [-0.39, 0.29) is 11.6 Å². The van der Waals surface area contributed by atoms with E-state index in [0.717, 1.165) is 11.3 Å². The number of amidine groups is 1. The summed E-state index contributed by atoms with van der Waals surface area (Å²) in [5, 5.41) is 19.4. The number of amides is 1. The Hall–Kier alpha value is -3.20. The molecule has 0 atom stereocenters. The highest BCUT2D eigenvalue weighted by Crippen LogP contribution is 2.23. The molecule has 9 heteroatoms. The Morgan fingerprint density at radius 1 is 1.21 bits per heavy atom. The zero-order valence-electron chi connectivity index (χ0n) is 15.1. The molecular formula is C19H18N4O4S. The second-order valence-corrected chi connectivity index (χ2v) is 6.76. The highest BCUT2D eigenvalue weighted by Gasteiger charge is 2.28. The molecular weight excluding hydrogens is 380 g/mol. The fraction of sp³-hybridized carbons (Fsp3) is 0.211. The van der Waals surface area contributed by atoms with Crippen molar-refractivity contribution in [3.8, 4) is 5.75 Å². The number of ether oxygens (including phenoxy) is 1. The normalized spacial score (nSPS) is 15.5. The minimum absolute atomic E-state index is 0.0157. The van der Waals surface area contributed by atoms with E-state index in [0.29, 0.717) is 29.6 Å². The number of hydrogen-bond acceptors (Lipinski definition) is 7. The van der Waals surface area contributed by atoms with Crippen LogP contribution in [-0.2, 0) is 11.3 Å². The third kappa shape index (κ3) is 4.95. The van der Waals surface area contributed by atoms with Crippen LogP contribution in [0.1, 0.15) is 18.1 Å². The molecule has 2 aromatic rings. The molecule has 1 saturated heterocycles. The van der Waals surface area contributed by atoms with Gasteiger partial charge in [0.05, 0.1) is 30.0 Å². The van der Waals surface area contributed by atoms with Gasteiger partial charge in [-0.2, -0.15) is 5.10 Å². The molecule has 2 aromatic carbocycles. The van der Waals surface area contributed by atoms with Crippen molar-refractivity contribution in [2.75, 3.05) is 12.4 Å². The van der Waals surface area contributed by atoms with Crippen LogP contribution in [0.3, 0.4) is 0 Å². The number of nitrogens with zero attached hydrogens (tertiary/aromatic N) is 4. The highest BCUT2D eigenvalue weighted by atomic mass is 32.2. The van der Waals surface area contributed by atoms with Crippen LogP contribution in [0.5, 0.6) is 5.75 Å². The molecule has 0 saturated carbocycles. The van der Waals surface area contributed by atoms with E-state index >= 15 is 0 Å². The van der Waals surface area contributed by atoms with Crippen LogP contribution < -0.4 is 4.74 Å². The summed E-state index contributed by atoms with van der Waals surface area (Å²) in [6.45, 7) is 2.93. The van der Waals surface area contributed by atoms with Crippen molar-refractivity contribution in [2.45, 2.75) is 13.5 Å². The summed E-state index contributed by atoms with van der Waals surface area (Å²) < 4.78 is 5.42. The summed E-state index contributed by atoms with van der Waals surface area (Å²) in [4.78, 5) is 24.0. The number of nitro groups is 1. The maximum Gasteiger partial charge on any atom is 0.269 e. The molecule has 144 valence electrons. The fourth-order valence-corrected chi connectivity index (χ4v) is 3.33. The second kappa shape index (κ2) is 9.14. The third-order valence-corrected chi connectivity index (χ3v) is 4.84. The van der Waals surface area contributed by atoms with E-state index in [4.69, 9.17) is 4.74 Å². The summed E-state index contributed by atoms with van der Waals surface area (Å²) in [6.07, 6.45) is 1.50. The molecule has 0 aliphatic carbocycles. The quantitative estimate of drug-likeness (QED) is 0.404. The van der Waals surface area contributed by atoms with Gasteiger partial charge in [0.25, 0.3) is 5.69 Å². The first-order valence-corrected chi connectivity index (χ1v) is 9.55. The van der Waals surface area contributed by atoms with Gasteiger partial charge in [0, 0.05) is 12.1 Å². The van der Waals surface area contributed by atoms with Crippen LogP contribution in [-0.4, -0.2) is 39.5 Å². The zero-order valence-corrected chi connectivity index (χ0v) is 16.0. The van der Waals surface area contributed by atoms with Gasteiger partial charge in [-0.3, -0.25) is 19.8 Å². The largest absolute Gasteiger partial charge is 0.494 e. The minimum atomic E-state index is -0.458. The summed E-state index contributed by atoms with van der Waals surface area (Å²) in [5.74, 6) is 1.08. The molecule has 0 unspecified atom stereocenters. The van der Waals surface area contributed by atoms with Crippen molar-refractivity contribution in [3.05, 3.63) is 69.8 Å². The number of hydrogen-bond donors (Lipinski definition) is 0. The van der Waals surface area contributed by atoms with Crippen molar-refractivity contribution >= 4 is 34.7 Å². The molecule has 0 aromatic heterocycles. The predicted molar refractivity (Wildman–Crippen MR) is 109 cm³/mol. The summed E-state index contributed by atoms with van der Waals surface area (Å²) >= 11 is 1.33. The van der Waals surface area contributed by atoms with Crippen molar-refractivity contribution in [3.63, 3.8) is 0 Å². The first-order chi connectivity index (χ1) is 13.6. The molecule has 1 fully saturated rings. The van der Waals surface area contributed by atoms with Crippen LogP contribution in [0.25, 0.3) is 0 Å². The molecule has 1 amide bonds. The Labute approximate surface area is 166 Å². The average Bonchev–Trinajstić information content (AvgIpc) is 3.04. The van der Waals surface area contributed by atoms with Gasteiger partial charge in [-0.1, -0.05) is 23.9 Å². The highest BCUT2D eigenvalue weighted by molar-refractivity contribution is 8.15. The second-order valence-electron chi connectivity index (χ2n) is 5.82. The maximum absolute atomic E-state index is 12.2. The molecule has 1 aliphatic rings. The number of thioether (sulfide) groups is 1. The monoisotopic (exact) mass is 398 g/mol. The van der Waals surface area contributed by atoms with Crippen LogP contribution in [0.4, 0.5) is 5.69 Å². The molecule has 1 aliphatic heterocycles. The zero-order chi connectivity index (χ0) is 19.9. The van der Waals surface area contributed by atoms with Crippen LogP contribution in [0, 0.1) is 10.1 Å². The standard InChI is InChI=1S/C19H18N4O4S/c1-2-27-17-9-5-15(6-10-17)12-22-18(24)13-28-19(22)21-20-11-14-3-7-16(8-4-14)23(25)26/h3-11H,2,12-13H2,1H3/b20-11+,21-19+. The Bertz CT molecular complexity index is 911. The predicted octanol–water partition coefficient (Wildman–Crippen LogP) is 3.46. The minimum Gasteiger partial charge on any atom is -0.494 e. The lowest BCUT2D eigenvalue weighted by Crippen LogP contribution is -2.28. The first-order valence-electron chi connectivity index (χ1n) is 8.57. The third-order valence-electron chi connectivity index (χ3n) is 3.89. The SMILES string of the molecule is CCOc1ccc(CN2C(=O)CS/C2=N/N=C/c2ccc([N+](=O)[O-])cc2)cc1. The van der Waals surface area contributed by atoms with E-state index < -0.39 is 4.92 Å². The Balaban J connectivity index is 1.67. The summed E-state index contributed by atoms with van der Waals surface area (Å²) in [7, 11) is 0. The number of carbonyl (C=O) groups is 1. The van der Waals surface area contributed by atoms with Crippen LogP contribution in [0.15, 0.2) is 58.7 Å². The van der Waals surface area contributed by atoms with Gasteiger partial charge in [-0.15, -0.1) is 5.10 Å². The molecule has 0 bridgehead atoms. The number of nitro benzene ring substituents is 1. The van der Waals surface area contributed by atoms with E-state index in [1.165, 1.54) is 30.1 Å². The number of benzene rings is 2. The van der Waals surface area contributed by atoms with Crippen molar-refractivity contribution < 1.29 is 14.5 Å². The van der Waals surface area contributed by atoms with Crippen LogP contribution in [0.2, 0.25) is 0 Å². The van der Waals surface area contributed by atoms with Gasteiger partial charge in [-0.25, -0.2) is 0 Å². The molecule has 0 spiro atoms. The molecule has 0 N–H and O–H groups in total. The Morgan fingerprint density at radius 2 is 1.93 bits per heavy atom. The van der Waals surface area contributed by atoms with Gasteiger partial charge in [-0.05, 0) is 42.3 Å². The molecule has 28 heavy (non-hydrogen) atoms. The summed E-state index contributed by atoms with van der Waals surface area (Å²) in [5.41, 5.74) is 1.66. The molecule has 1 heterocycles. The molecule has 8 nitrogen and oxygen atoms in total. The lowest BCUT2D eigenvalue weighted by molar-refractivity contribution is -0.384. The topological polar surface area (TPSA) is 97.4 Å². The van der Waals surface area contributed by atoms with Crippen molar-refractivity contribution in [2.24, 2.45) is 10.2 Å². The Morgan fingerprint density at radius 3 is 2.57 bits per heavy atom. The van der Waals surface area contributed by atoms with E-state index in [1.54, 1.807) is 17.0 Å². The van der Waals surface area contributed by atoms with E-state index in [2.05, 4.69) is 10.2 Å². The van der Waals surface area contributed by atoms with Crippen molar-refractivity contribution in [1.82, 2.24) is 4.90 Å². The fourth-order valence-electron chi connectivity index (χ4n) is 2.49. The molecule has 0 radical (unpaired) electrons. The average molecular weight is 398 g/mol. The summed E-state index contributed by atoms with van der Waals surface area (Å²) in [6, 6.07) is 13.6. The smallest absolute Gasteiger partial charge is 0.269 e. The molecule has 3 rings (SSSR count). The van der Waals surface area contributed by atoms with E-state index in [9.17, 15) is 14.9 Å². The maximum atomic E-state index is 12.2.